The number of carbonyl (C=O) groups excluding carboxylic acids is 2. The van der Waals surface area contributed by atoms with Gasteiger partial charge in [0.05, 0.1) is 6.61 Å². The van der Waals surface area contributed by atoms with Crippen molar-refractivity contribution in [2.24, 2.45) is 0 Å². The van der Waals surface area contributed by atoms with Gasteiger partial charge in [-0.2, -0.15) is 0 Å². The van der Waals surface area contributed by atoms with Gasteiger partial charge in [0.25, 0.3) is 0 Å². The predicted octanol–water partition coefficient (Wildman–Crippen LogP) is 4.44. The fraction of sp³-hybridized carbons (Fsp3) is 0.391. The lowest BCUT2D eigenvalue weighted by atomic mass is 10.1. The molecule has 0 aliphatic carbocycles. The highest BCUT2D eigenvalue weighted by molar-refractivity contribution is 6.30. The summed E-state index contributed by atoms with van der Waals surface area (Å²) in [4.78, 5) is 27.0. The second-order valence-electron chi connectivity index (χ2n) is 6.88. The highest BCUT2D eigenvalue weighted by Crippen LogP contribution is 2.16. The van der Waals surface area contributed by atoms with E-state index in [2.05, 4.69) is 5.32 Å². The van der Waals surface area contributed by atoms with Gasteiger partial charge in [0.2, 0.25) is 11.8 Å². The van der Waals surface area contributed by atoms with Crippen LogP contribution in [0.5, 0.6) is 5.75 Å². The Morgan fingerprint density at radius 3 is 2.59 bits per heavy atom. The Morgan fingerprint density at radius 2 is 1.90 bits per heavy atom. The Bertz CT molecular complexity index is 783. The number of nitrogens with one attached hydrogen (secondary N) is 1. The summed E-state index contributed by atoms with van der Waals surface area (Å²) in [6.07, 6.45) is 1.72. The summed E-state index contributed by atoms with van der Waals surface area (Å²) in [5.41, 5.74) is 0.890. The maximum atomic E-state index is 12.9. The molecule has 29 heavy (non-hydrogen) atoms. The molecule has 1 atom stereocenters. The van der Waals surface area contributed by atoms with Gasteiger partial charge in [-0.3, -0.25) is 9.59 Å². The first-order valence-electron chi connectivity index (χ1n) is 10.0. The summed E-state index contributed by atoms with van der Waals surface area (Å²) in [5.74, 6) is 0.548. The number of hydrogen-bond acceptors (Lipinski definition) is 3. The van der Waals surface area contributed by atoms with Crippen LogP contribution in [0.2, 0.25) is 5.02 Å². The standard InChI is InChI=1S/C23H29ClN2O3/c1-3-14-25-23(28)18(2)26(17-19-9-7-10-20(24)16-19)22(27)13-8-15-29-21-11-5-4-6-12-21/h4-7,9-12,16,18H,3,8,13-15,17H2,1-2H3,(H,25,28). The average molecular weight is 417 g/mol. The van der Waals surface area contributed by atoms with Crippen molar-refractivity contribution in [3.05, 3.63) is 65.2 Å². The van der Waals surface area contributed by atoms with Crippen LogP contribution >= 0.6 is 11.6 Å². The molecule has 0 saturated heterocycles. The molecule has 1 N–H and O–H groups in total. The Kier molecular flexibility index (Phi) is 9.51. The largest absolute Gasteiger partial charge is 0.494 e. The van der Waals surface area contributed by atoms with E-state index in [-0.39, 0.29) is 11.8 Å². The van der Waals surface area contributed by atoms with Crippen LogP contribution in [0.15, 0.2) is 54.6 Å². The molecule has 1 unspecified atom stereocenters. The molecule has 0 heterocycles. The molecule has 0 aliphatic rings. The van der Waals surface area contributed by atoms with E-state index in [4.69, 9.17) is 16.3 Å². The first-order chi connectivity index (χ1) is 14.0. The van der Waals surface area contributed by atoms with Crippen molar-refractivity contribution in [2.45, 2.75) is 45.7 Å². The van der Waals surface area contributed by atoms with Crippen molar-refractivity contribution < 1.29 is 14.3 Å². The lowest BCUT2D eigenvalue weighted by molar-refractivity contribution is -0.140. The zero-order chi connectivity index (χ0) is 21.1. The molecule has 6 heteroatoms. The highest BCUT2D eigenvalue weighted by atomic mass is 35.5. The van der Waals surface area contributed by atoms with Crippen LogP contribution in [0, 0.1) is 0 Å². The molecule has 2 amide bonds. The summed E-state index contributed by atoms with van der Waals surface area (Å²) < 4.78 is 5.66. The summed E-state index contributed by atoms with van der Waals surface area (Å²) in [7, 11) is 0. The topological polar surface area (TPSA) is 58.6 Å². The van der Waals surface area contributed by atoms with Gasteiger partial charge in [0, 0.05) is 24.5 Å². The van der Waals surface area contributed by atoms with Crippen molar-refractivity contribution in [1.82, 2.24) is 10.2 Å². The number of nitrogens with zero attached hydrogens (tertiary/aromatic N) is 1. The fourth-order valence-electron chi connectivity index (χ4n) is 2.88. The molecule has 5 nitrogen and oxygen atoms in total. The third-order valence-corrected chi connectivity index (χ3v) is 4.74. The zero-order valence-corrected chi connectivity index (χ0v) is 17.8. The van der Waals surface area contributed by atoms with Crippen molar-refractivity contribution in [3.63, 3.8) is 0 Å². The maximum absolute atomic E-state index is 12.9. The van der Waals surface area contributed by atoms with E-state index in [1.807, 2.05) is 55.5 Å². The van der Waals surface area contributed by atoms with Gasteiger partial charge in [-0.25, -0.2) is 0 Å². The number of amides is 2. The molecule has 0 saturated carbocycles. The molecule has 0 radical (unpaired) electrons. The molecule has 2 aromatic rings. The number of benzene rings is 2. The molecular weight excluding hydrogens is 388 g/mol. The number of hydrogen-bond donors (Lipinski definition) is 1. The Balaban J connectivity index is 1.98. The van der Waals surface area contributed by atoms with Crippen molar-refractivity contribution in [2.75, 3.05) is 13.2 Å². The molecule has 156 valence electrons. The van der Waals surface area contributed by atoms with Crippen molar-refractivity contribution in [1.29, 1.82) is 0 Å². The van der Waals surface area contributed by atoms with Gasteiger partial charge in [0.1, 0.15) is 11.8 Å². The molecule has 0 bridgehead atoms. The zero-order valence-electron chi connectivity index (χ0n) is 17.1. The minimum Gasteiger partial charge on any atom is -0.494 e. The number of ether oxygens (including phenoxy) is 1. The molecular formula is C23H29ClN2O3. The first-order valence-corrected chi connectivity index (χ1v) is 10.4. The Labute approximate surface area is 178 Å². The van der Waals surface area contributed by atoms with Gasteiger partial charge in [-0.1, -0.05) is 48.9 Å². The fourth-order valence-corrected chi connectivity index (χ4v) is 3.10. The van der Waals surface area contributed by atoms with E-state index in [0.717, 1.165) is 17.7 Å². The molecule has 2 aromatic carbocycles. The molecule has 0 aromatic heterocycles. The minimum atomic E-state index is -0.567. The number of rotatable bonds is 11. The van der Waals surface area contributed by atoms with Gasteiger partial charge in [0.15, 0.2) is 0 Å². The van der Waals surface area contributed by atoms with Crippen LogP contribution in [0.3, 0.4) is 0 Å². The number of halogens is 1. The lowest BCUT2D eigenvalue weighted by Gasteiger charge is -2.29. The molecule has 0 spiro atoms. The van der Waals surface area contributed by atoms with Gasteiger partial charge in [-0.05, 0) is 49.6 Å². The second kappa shape index (κ2) is 12.1. The lowest BCUT2D eigenvalue weighted by Crippen LogP contribution is -2.47. The summed E-state index contributed by atoms with van der Waals surface area (Å²) in [6, 6.07) is 16.3. The van der Waals surface area contributed by atoms with Crippen molar-refractivity contribution >= 4 is 23.4 Å². The highest BCUT2D eigenvalue weighted by Gasteiger charge is 2.25. The van der Waals surface area contributed by atoms with Crippen LogP contribution in [0.25, 0.3) is 0 Å². The first kappa shape index (κ1) is 22.8. The summed E-state index contributed by atoms with van der Waals surface area (Å²) in [5, 5.41) is 3.48. The predicted molar refractivity (Wildman–Crippen MR) is 116 cm³/mol. The SMILES string of the molecule is CCCNC(=O)C(C)N(Cc1cccc(Cl)c1)C(=O)CCCOc1ccccc1. The Hall–Kier alpha value is -2.53. The van der Waals surface area contributed by atoms with Crippen LogP contribution in [-0.4, -0.2) is 35.9 Å². The molecule has 0 aliphatic heterocycles. The van der Waals surface area contributed by atoms with E-state index in [0.29, 0.717) is 37.6 Å². The quantitative estimate of drug-likeness (QED) is 0.551. The minimum absolute atomic E-state index is 0.0826. The van der Waals surface area contributed by atoms with Gasteiger partial charge in [-0.15, -0.1) is 0 Å². The van der Waals surface area contributed by atoms with E-state index in [9.17, 15) is 9.59 Å². The van der Waals surface area contributed by atoms with E-state index in [1.54, 1.807) is 17.9 Å². The van der Waals surface area contributed by atoms with Crippen molar-refractivity contribution in [3.8, 4) is 5.75 Å². The van der Waals surface area contributed by atoms with Crippen LogP contribution in [0.4, 0.5) is 0 Å². The van der Waals surface area contributed by atoms with Gasteiger partial charge < -0.3 is 15.0 Å². The number of carbonyl (C=O) groups is 2. The van der Waals surface area contributed by atoms with Crippen LogP contribution in [0.1, 0.15) is 38.7 Å². The van der Waals surface area contributed by atoms with E-state index >= 15 is 0 Å². The van der Waals surface area contributed by atoms with E-state index in [1.165, 1.54) is 0 Å². The second-order valence-corrected chi connectivity index (χ2v) is 7.32. The summed E-state index contributed by atoms with van der Waals surface area (Å²) >= 11 is 6.08. The number of para-hydroxylation sites is 1. The normalized spacial score (nSPS) is 11.6. The van der Waals surface area contributed by atoms with E-state index < -0.39 is 6.04 Å². The maximum Gasteiger partial charge on any atom is 0.242 e. The Morgan fingerprint density at radius 1 is 1.14 bits per heavy atom. The molecule has 0 fully saturated rings. The third-order valence-electron chi connectivity index (χ3n) is 4.51. The summed E-state index contributed by atoms with van der Waals surface area (Å²) in [6.45, 7) is 5.12. The van der Waals surface area contributed by atoms with Crippen LogP contribution < -0.4 is 10.1 Å². The third kappa shape index (κ3) is 7.78. The average Bonchev–Trinajstić information content (AvgIpc) is 2.73. The van der Waals surface area contributed by atoms with Crippen LogP contribution in [-0.2, 0) is 16.1 Å². The van der Waals surface area contributed by atoms with Gasteiger partial charge >= 0.3 is 0 Å². The molecule has 2 rings (SSSR count). The smallest absolute Gasteiger partial charge is 0.242 e. The monoisotopic (exact) mass is 416 g/mol.